The lowest BCUT2D eigenvalue weighted by atomic mass is 10.2. The molecule has 2 aromatic carbocycles. The van der Waals surface area contributed by atoms with Crippen LogP contribution in [-0.2, 0) is 6.61 Å². The molecule has 0 aliphatic heterocycles. The van der Waals surface area contributed by atoms with E-state index < -0.39 is 11.9 Å². The number of primary amides is 1. The highest BCUT2D eigenvalue weighted by Gasteiger charge is 2.09. The standard InChI is InChI=1S/C14H12FNO3/c15-11-6-7-12(19-14(16)17)13(8-11)18-9-10-4-2-1-3-5-10/h1-8H,9H2,(H2,16,17). The zero-order chi connectivity index (χ0) is 13.7. The van der Waals surface area contributed by atoms with Crippen LogP contribution in [0.5, 0.6) is 11.5 Å². The number of carbonyl (C=O) groups excluding carboxylic acids is 1. The lowest BCUT2D eigenvalue weighted by Crippen LogP contribution is -2.16. The average Bonchev–Trinajstić information content (AvgIpc) is 2.40. The summed E-state index contributed by atoms with van der Waals surface area (Å²) >= 11 is 0. The number of hydrogen-bond acceptors (Lipinski definition) is 3. The second-order valence-electron chi connectivity index (χ2n) is 3.79. The molecule has 0 saturated carbocycles. The van der Waals surface area contributed by atoms with Gasteiger partial charge in [-0.15, -0.1) is 0 Å². The summed E-state index contributed by atoms with van der Waals surface area (Å²) in [4.78, 5) is 10.7. The fourth-order valence-electron chi connectivity index (χ4n) is 1.52. The second-order valence-corrected chi connectivity index (χ2v) is 3.79. The molecular weight excluding hydrogens is 249 g/mol. The first-order valence-corrected chi connectivity index (χ1v) is 5.59. The Morgan fingerprint density at radius 3 is 2.53 bits per heavy atom. The van der Waals surface area contributed by atoms with Crippen LogP contribution in [0, 0.1) is 5.82 Å². The van der Waals surface area contributed by atoms with Gasteiger partial charge < -0.3 is 15.2 Å². The third-order valence-electron chi connectivity index (χ3n) is 2.35. The molecule has 0 aliphatic carbocycles. The van der Waals surface area contributed by atoms with Crippen LogP contribution in [-0.4, -0.2) is 6.09 Å². The highest BCUT2D eigenvalue weighted by atomic mass is 19.1. The summed E-state index contributed by atoms with van der Waals surface area (Å²) in [7, 11) is 0. The number of rotatable bonds is 4. The SMILES string of the molecule is NC(=O)Oc1ccc(F)cc1OCc1ccccc1. The first-order chi connectivity index (χ1) is 9.15. The van der Waals surface area contributed by atoms with Crippen LogP contribution in [0.3, 0.4) is 0 Å². The van der Waals surface area contributed by atoms with E-state index in [2.05, 4.69) is 0 Å². The van der Waals surface area contributed by atoms with Crippen molar-refractivity contribution < 1.29 is 18.7 Å². The van der Waals surface area contributed by atoms with Gasteiger partial charge in [-0.25, -0.2) is 9.18 Å². The Morgan fingerprint density at radius 2 is 1.84 bits per heavy atom. The van der Waals surface area contributed by atoms with Crippen molar-refractivity contribution in [3.05, 3.63) is 59.9 Å². The largest absolute Gasteiger partial charge is 0.485 e. The second kappa shape index (κ2) is 5.86. The minimum absolute atomic E-state index is 0.0878. The third-order valence-corrected chi connectivity index (χ3v) is 2.35. The fourth-order valence-corrected chi connectivity index (χ4v) is 1.52. The molecule has 0 fully saturated rings. The van der Waals surface area contributed by atoms with Crippen molar-refractivity contribution in [3.63, 3.8) is 0 Å². The lowest BCUT2D eigenvalue weighted by molar-refractivity contribution is 0.206. The summed E-state index contributed by atoms with van der Waals surface area (Å²) in [6, 6.07) is 12.9. The Balaban J connectivity index is 2.14. The monoisotopic (exact) mass is 261 g/mol. The van der Waals surface area contributed by atoms with Gasteiger partial charge in [0.05, 0.1) is 0 Å². The maximum Gasteiger partial charge on any atom is 0.410 e. The molecule has 19 heavy (non-hydrogen) atoms. The number of halogens is 1. The molecule has 2 aromatic rings. The van der Waals surface area contributed by atoms with E-state index in [1.165, 1.54) is 6.07 Å². The van der Waals surface area contributed by atoms with Crippen molar-refractivity contribution in [1.82, 2.24) is 0 Å². The summed E-state index contributed by atoms with van der Waals surface area (Å²) in [5.41, 5.74) is 5.84. The molecule has 0 atom stereocenters. The number of amides is 1. The number of hydrogen-bond donors (Lipinski definition) is 1. The maximum atomic E-state index is 13.2. The van der Waals surface area contributed by atoms with Crippen LogP contribution < -0.4 is 15.2 Å². The first kappa shape index (κ1) is 12.9. The molecule has 5 heteroatoms. The van der Waals surface area contributed by atoms with Gasteiger partial charge in [-0.3, -0.25) is 0 Å². The van der Waals surface area contributed by atoms with E-state index in [0.29, 0.717) is 0 Å². The molecule has 2 rings (SSSR count). The van der Waals surface area contributed by atoms with Crippen LogP contribution in [0.15, 0.2) is 48.5 Å². The molecule has 2 N–H and O–H groups in total. The Hall–Kier alpha value is -2.56. The smallest absolute Gasteiger partial charge is 0.410 e. The van der Waals surface area contributed by atoms with Crippen LogP contribution in [0.25, 0.3) is 0 Å². The zero-order valence-corrected chi connectivity index (χ0v) is 10.0. The van der Waals surface area contributed by atoms with Gasteiger partial charge in [0.1, 0.15) is 12.4 Å². The summed E-state index contributed by atoms with van der Waals surface area (Å²) in [5.74, 6) is -0.271. The van der Waals surface area contributed by atoms with Gasteiger partial charge in [-0.05, 0) is 17.7 Å². The molecule has 4 nitrogen and oxygen atoms in total. The summed E-state index contributed by atoms with van der Waals surface area (Å²) in [6.45, 7) is 0.236. The molecule has 0 aromatic heterocycles. The van der Waals surface area contributed by atoms with Gasteiger partial charge in [0.2, 0.25) is 0 Å². The van der Waals surface area contributed by atoms with E-state index in [1.807, 2.05) is 30.3 Å². The predicted octanol–water partition coefficient (Wildman–Crippen LogP) is 2.86. The van der Waals surface area contributed by atoms with Crippen molar-refractivity contribution >= 4 is 6.09 Å². The van der Waals surface area contributed by atoms with E-state index in [-0.39, 0.29) is 18.1 Å². The molecule has 0 heterocycles. The van der Waals surface area contributed by atoms with E-state index in [9.17, 15) is 9.18 Å². The minimum atomic E-state index is -0.976. The molecule has 0 spiro atoms. The quantitative estimate of drug-likeness (QED) is 0.920. The molecule has 0 unspecified atom stereocenters. The van der Waals surface area contributed by atoms with E-state index in [4.69, 9.17) is 15.2 Å². The molecule has 0 aliphatic rings. The Labute approximate surface area is 109 Å². The van der Waals surface area contributed by atoms with Gasteiger partial charge in [0.25, 0.3) is 0 Å². The normalized spacial score (nSPS) is 9.95. The highest BCUT2D eigenvalue weighted by Crippen LogP contribution is 2.28. The maximum absolute atomic E-state index is 13.2. The third kappa shape index (κ3) is 3.70. The average molecular weight is 261 g/mol. The Morgan fingerprint density at radius 1 is 1.11 bits per heavy atom. The van der Waals surface area contributed by atoms with Crippen molar-refractivity contribution in [2.24, 2.45) is 5.73 Å². The van der Waals surface area contributed by atoms with Crippen molar-refractivity contribution in [2.45, 2.75) is 6.61 Å². The molecule has 0 radical (unpaired) electrons. The van der Waals surface area contributed by atoms with E-state index in [0.717, 1.165) is 17.7 Å². The van der Waals surface area contributed by atoms with Gasteiger partial charge in [0.15, 0.2) is 11.5 Å². The molecule has 0 bridgehead atoms. The minimum Gasteiger partial charge on any atom is -0.485 e. The van der Waals surface area contributed by atoms with Crippen LogP contribution >= 0.6 is 0 Å². The number of nitrogens with two attached hydrogens (primary N) is 1. The van der Waals surface area contributed by atoms with Crippen LogP contribution in [0.4, 0.5) is 9.18 Å². The predicted molar refractivity (Wildman–Crippen MR) is 67.4 cm³/mol. The molecule has 98 valence electrons. The van der Waals surface area contributed by atoms with Crippen molar-refractivity contribution in [1.29, 1.82) is 0 Å². The van der Waals surface area contributed by atoms with Crippen molar-refractivity contribution in [2.75, 3.05) is 0 Å². The topological polar surface area (TPSA) is 61.6 Å². The van der Waals surface area contributed by atoms with E-state index in [1.54, 1.807) is 0 Å². The van der Waals surface area contributed by atoms with Gasteiger partial charge in [0, 0.05) is 6.07 Å². The Kier molecular flexibility index (Phi) is 3.97. The first-order valence-electron chi connectivity index (χ1n) is 5.59. The number of ether oxygens (including phenoxy) is 2. The highest BCUT2D eigenvalue weighted by molar-refractivity contribution is 5.69. The van der Waals surface area contributed by atoms with Crippen LogP contribution in [0.1, 0.15) is 5.56 Å². The zero-order valence-electron chi connectivity index (χ0n) is 10.0. The Bertz CT molecular complexity index is 572. The van der Waals surface area contributed by atoms with Crippen LogP contribution in [0.2, 0.25) is 0 Å². The summed E-state index contributed by atoms with van der Waals surface area (Å²) in [5, 5.41) is 0. The fraction of sp³-hybridized carbons (Fsp3) is 0.0714. The summed E-state index contributed by atoms with van der Waals surface area (Å²) < 4.78 is 23.3. The van der Waals surface area contributed by atoms with Gasteiger partial charge in [-0.2, -0.15) is 0 Å². The van der Waals surface area contributed by atoms with Gasteiger partial charge >= 0.3 is 6.09 Å². The summed E-state index contributed by atoms with van der Waals surface area (Å²) in [6.07, 6.45) is -0.976. The number of benzene rings is 2. The molecule has 1 amide bonds. The molecule has 0 saturated heterocycles. The van der Waals surface area contributed by atoms with Gasteiger partial charge in [-0.1, -0.05) is 30.3 Å². The lowest BCUT2D eigenvalue weighted by Gasteiger charge is -2.10. The van der Waals surface area contributed by atoms with E-state index >= 15 is 0 Å². The number of carbonyl (C=O) groups is 1. The molecular formula is C14H12FNO3. The van der Waals surface area contributed by atoms with Crippen molar-refractivity contribution in [3.8, 4) is 11.5 Å².